The molecule has 36 heavy (non-hydrogen) atoms. The average molecular weight is 489 g/mol. The van der Waals surface area contributed by atoms with Gasteiger partial charge in [0.2, 0.25) is 12.3 Å². The minimum absolute atomic E-state index is 0.136. The van der Waals surface area contributed by atoms with Crippen molar-refractivity contribution in [3.05, 3.63) is 90.0 Å². The Hall–Kier alpha value is -3.99. The highest BCUT2D eigenvalue weighted by atomic mass is 16.5. The second-order valence-electron chi connectivity index (χ2n) is 8.25. The van der Waals surface area contributed by atoms with Gasteiger partial charge in [-0.15, -0.1) is 0 Å². The molecule has 5 N–H and O–H groups in total. The quantitative estimate of drug-likeness (QED) is 0.0844. The zero-order valence-corrected chi connectivity index (χ0v) is 19.6. The summed E-state index contributed by atoms with van der Waals surface area (Å²) >= 11 is 0. The number of benzene rings is 3. The summed E-state index contributed by atoms with van der Waals surface area (Å²) in [7, 11) is -1.60. The molecule has 0 saturated heterocycles. The molecule has 0 aliphatic carbocycles. The summed E-state index contributed by atoms with van der Waals surface area (Å²) in [6.07, 6.45) is 1.23. The predicted molar refractivity (Wildman–Crippen MR) is 135 cm³/mol. The van der Waals surface area contributed by atoms with Crippen LogP contribution in [0.5, 0.6) is 0 Å². The van der Waals surface area contributed by atoms with Crippen molar-refractivity contribution in [1.29, 1.82) is 0 Å². The highest BCUT2D eigenvalue weighted by Crippen LogP contribution is 2.19. The number of hydrogen-bond acceptors (Lipinski definition) is 6. The van der Waals surface area contributed by atoms with Crippen molar-refractivity contribution in [1.82, 2.24) is 15.7 Å². The van der Waals surface area contributed by atoms with Crippen LogP contribution < -0.4 is 16.1 Å². The van der Waals surface area contributed by atoms with Gasteiger partial charge < -0.3 is 20.7 Å². The molecule has 0 heterocycles. The second kappa shape index (κ2) is 13.2. The van der Waals surface area contributed by atoms with Crippen molar-refractivity contribution in [3.8, 4) is 11.1 Å². The number of nitrogens with one attached hydrogen (secondary N) is 2. The van der Waals surface area contributed by atoms with Gasteiger partial charge in [-0.3, -0.25) is 19.6 Å². The molecule has 3 rings (SSSR count). The van der Waals surface area contributed by atoms with Gasteiger partial charge in [-0.05, 0) is 47.1 Å². The van der Waals surface area contributed by atoms with Crippen molar-refractivity contribution < 1.29 is 29.6 Å². The third-order valence-corrected chi connectivity index (χ3v) is 5.68. The first-order valence-corrected chi connectivity index (χ1v) is 11.4. The topological polar surface area (TPSA) is 139 Å². The van der Waals surface area contributed by atoms with E-state index in [-0.39, 0.29) is 19.6 Å². The fourth-order valence-electron chi connectivity index (χ4n) is 3.74. The Labute approximate surface area is 209 Å². The molecule has 0 radical (unpaired) electrons. The van der Waals surface area contributed by atoms with E-state index in [0.29, 0.717) is 40.1 Å². The lowest BCUT2D eigenvalue weighted by atomic mass is 9.79. The van der Waals surface area contributed by atoms with E-state index in [1.54, 1.807) is 48.5 Å². The number of carbonyl (C=O) groups is 3. The van der Waals surface area contributed by atoms with Crippen LogP contribution in [-0.2, 0) is 16.0 Å². The summed E-state index contributed by atoms with van der Waals surface area (Å²) in [5.74, 6) is -1.48. The molecular formula is C26H28BN3O6. The fraction of sp³-hybridized carbons (Fsp3) is 0.192. The molecule has 0 aliphatic heterocycles. The van der Waals surface area contributed by atoms with Gasteiger partial charge in [-0.25, -0.2) is 5.06 Å². The Bertz CT molecular complexity index is 1180. The Balaban J connectivity index is 1.58. The van der Waals surface area contributed by atoms with Gasteiger partial charge in [0.15, 0.2) is 0 Å². The van der Waals surface area contributed by atoms with Gasteiger partial charge in [-0.1, -0.05) is 66.7 Å². The highest BCUT2D eigenvalue weighted by Gasteiger charge is 2.21. The molecule has 0 bridgehead atoms. The molecular weight excluding hydrogens is 461 g/mol. The fourth-order valence-corrected chi connectivity index (χ4v) is 3.74. The monoisotopic (exact) mass is 489 g/mol. The van der Waals surface area contributed by atoms with Crippen molar-refractivity contribution >= 4 is 30.8 Å². The summed E-state index contributed by atoms with van der Waals surface area (Å²) < 4.78 is 0. The summed E-state index contributed by atoms with van der Waals surface area (Å²) in [6, 6.07) is 23.0. The number of nitrogens with zero attached hydrogens (tertiary/aromatic N) is 1. The number of aryl methyl sites for hydroxylation is 1. The van der Waals surface area contributed by atoms with Crippen LogP contribution in [0.1, 0.15) is 22.3 Å². The number of amides is 3. The third kappa shape index (κ3) is 7.77. The molecule has 0 saturated carbocycles. The van der Waals surface area contributed by atoms with Crippen LogP contribution in [0.15, 0.2) is 78.9 Å². The molecule has 3 aromatic carbocycles. The first-order valence-electron chi connectivity index (χ1n) is 11.4. The van der Waals surface area contributed by atoms with Crippen LogP contribution in [0.2, 0.25) is 0 Å². The molecule has 186 valence electrons. The molecule has 0 fully saturated rings. The second-order valence-corrected chi connectivity index (χ2v) is 8.25. The maximum atomic E-state index is 12.7. The standard InChI is InChI=1S/C26H28BN3O6/c31-18-30(36)16-23(13-12-19-6-2-1-3-7-19)26(33)29-17-28-25(32)22-10-4-8-20(14-22)21-9-5-11-24(15-21)27(34)35/h1-11,14-15,18,23,34-36H,12-13,16-17H2,(H,28,32)(H,29,33)/t23-/m1/s1. The van der Waals surface area contributed by atoms with E-state index in [1.165, 1.54) is 0 Å². The molecule has 10 heteroatoms. The number of rotatable bonds is 12. The average Bonchev–Trinajstić information content (AvgIpc) is 2.91. The van der Waals surface area contributed by atoms with E-state index >= 15 is 0 Å². The van der Waals surface area contributed by atoms with Gasteiger partial charge in [0.1, 0.15) is 0 Å². The lowest BCUT2D eigenvalue weighted by Gasteiger charge is -2.20. The Morgan fingerprint density at radius 3 is 2.31 bits per heavy atom. The van der Waals surface area contributed by atoms with Gasteiger partial charge in [0, 0.05) is 5.56 Å². The zero-order chi connectivity index (χ0) is 25.9. The van der Waals surface area contributed by atoms with Crippen LogP contribution in [0.25, 0.3) is 11.1 Å². The Kier molecular flexibility index (Phi) is 9.76. The summed E-state index contributed by atoms with van der Waals surface area (Å²) in [4.78, 5) is 36.2. The van der Waals surface area contributed by atoms with E-state index in [4.69, 9.17) is 0 Å². The van der Waals surface area contributed by atoms with Crippen molar-refractivity contribution in [3.63, 3.8) is 0 Å². The number of hydrogen-bond donors (Lipinski definition) is 5. The molecule has 9 nitrogen and oxygen atoms in total. The number of hydroxylamine groups is 2. The normalized spacial score (nSPS) is 11.3. The first kappa shape index (κ1) is 26.6. The van der Waals surface area contributed by atoms with Gasteiger partial charge in [0.05, 0.1) is 19.1 Å². The zero-order valence-electron chi connectivity index (χ0n) is 19.6. The minimum Gasteiger partial charge on any atom is -0.423 e. The molecule has 3 amide bonds. The van der Waals surface area contributed by atoms with E-state index in [1.807, 2.05) is 30.3 Å². The molecule has 0 spiro atoms. The highest BCUT2D eigenvalue weighted by molar-refractivity contribution is 6.58. The van der Waals surface area contributed by atoms with Crippen LogP contribution >= 0.6 is 0 Å². The van der Waals surface area contributed by atoms with Crippen LogP contribution in [0, 0.1) is 5.92 Å². The maximum absolute atomic E-state index is 12.7. The van der Waals surface area contributed by atoms with Crippen molar-refractivity contribution in [2.45, 2.75) is 12.8 Å². The maximum Gasteiger partial charge on any atom is 0.488 e. The van der Waals surface area contributed by atoms with E-state index in [9.17, 15) is 29.6 Å². The molecule has 0 unspecified atom stereocenters. The SMILES string of the molecule is O=CN(O)C[C@@H](CCc1ccccc1)C(=O)NCNC(=O)c1cccc(-c2cccc(B(O)O)c2)c1. The van der Waals surface area contributed by atoms with Crippen molar-refractivity contribution in [2.24, 2.45) is 5.92 Å². The smallest absolute Gasteiger partial charge is 0.423 e. The summed E-state index contributed by atoms with van der Waals surface area (Å²) in [5, 5.41) is 34.1. The Morgan fingerprint density at radius 1 is 0.917 bits per heavy atom. The van der Waals surface area contributed by atoms with E-state index in [0.717, 1.165) is 5.56 Å². The predicted octanol–water partition coefficient (Wildman–Crippen LogP) is 0.934. The van der Waals surface area contributed by atoms with Crippen LogP contribution in [0.4, 0.5) is 0 Å². The molecule has 3 aromatic rings. The lowest BCUT2D eigenvalue weighted by Crippen LogP contribution is -2.43. The summed E-state index contributed by atoms with van der Waals surface area (Å²) in [5.41, 5.74) is 3.15. The summed E-state index contributed by atoms with van der Waals surface area (Å²) in [6.45, 7) is -0.303. The molecule has 0 aliphatic rings. The number of carbonyl (C=O) groups excluding carboxylic acids is 3. The Morgan fingerprint density at radius 2 is 1.61 bits per heavy atom. The van der Waals surface area contributed by atoms with Crippen LogP contribution in [-0.4, -0.2) is 58.9 Å². The lowest BCUT2D eigenvalue weighted by molar-refractivity contribution is -0.154. The first-order chi connectivity index (χ1) is 17.4. The van der Waals surface area contributed by atoms with Gasteiger partial charge in [0.25, 0.3) is 5.91 Å². The van der Waals surface area contributed by atoms with E-state index < -0.39 is 24.9 Å². The van der Waals surface area contributed by atoms with Crippen LogP contribution in [0.3, 0.4) is 0 Å². The van der Waals surface area contributed by atoms with E-state index in [2.05, 4.69) is 10.6 Å². The largest absolute Gasteiger partial charge is 0.488 e. The third-order valence-electron chi connectivity index (χ3n) is 5.68. The van der Waals surface area contributed by atoms with Gasteiger partial charge >= 0.3 is 7.12 Å². The van der Waals surface area contributed by atoms with Crippen molar-refractivity contribution in [2.75, 3.05) is 13.2 Å². The molecule has 0 aromatic heterocycles. The van der Waals surface area contributed by atoms with Gasteiger partial charge in [-0.2, -0.15) is 0 Å². The minimum atomic E-state index is -1.60. The molecule has 1 atom stereocenters.